The van der Waals surface area contributed by atoms with Crippen LogP contribution >= 0.6 is 11.6 Å². The molecule has 4 aromatic rings. The summed E-state index contributed by atoms with van der Waals surface area (Å²) in [6, 6.07) is 23.5. The second kappa shape index (κ2) is 9.23. The maximum atomic E-state index is 13.2. The van der Waals surface area contributed by atoms with Crippen LogP contribution in [0.25, 0.3) is 22.1 Å². The number of benzene rings is 3. The van der Waals surface area contributed by atoms with E-state index in [0.717, 1.165) is 33.4 Å². The van der Waals surface area contributed by atoms with Crippen LogP contribution in [-0.4, -0.2) is 29.1 Å². The van der Waals surface area contributed by atoms with Gasteiger partial charge < -0.3 is 14.6 Å². The molecule has 5 rings (SSSR count). The number of nitrogens with zero attached hydrogens (tertiary/aromatic N) is 1. The Kier molecular flexibility index (Phi) is 6.12. The van der Waals surface area contributed by atoms with Gasteiger partial charge in [0.05, 0.1) is 5.41 Å². The predicted octanol–water partition coefficient (Wildman–Crippen LogP) is 6.50. The monoisotopic (exact) mass is 486 g/mol. The zero-order valence-electron chi connectivity index (χ0n) is 19.8. The van der Waals surface area contributed by atoms with E-state index in [0.29, 0.717) is 30.8 Å². The molecule has 2 amide bonds. The van der Waals surface area contributed by atoms with E-state index in [1.54, 1.807) is 0 Å². The lowest BCUT2D eigenvalue weighted by atomic mass is 9.95. The van der Waals surface area contributed by atoms with Gasteiger partial charge in [0.15, 0.2) is 0 Å². The van der Waals surface area contributed by atoms with Crippen LogP contribution in [0.3, 0.4) is 0 Å². The minimum atomic E-state index is -0.642. The van der Waals surface area contributed by atoms with Crippen LogP contribution in [0.5, 0.6) is 0 Å². The molecule has 1 N–H and O–H groups in total. The Hall–Kier alpha value is -3.57. The van der Waals surface area contributed by atoms with Crippen LogP contribution in [0.2, 0.25) is 0 Å². The second-order valence-electron chi connectivity index (χ2n) is 9.65. The van der Waals surface area contributed by atoms with Gasteiger partial charge in [0.25, 0.3) is 5.91 Å². The summed E-state index contributed by atoms with van der Waals surface area (Å²) in [5, 5.41) is 5.09. The minimum Gasteiger partial charge on any atom is -0.461 e. The summed E-state index contributed by atoms with van der Waals surface area (Å²) in [4.78, 5) is 27.4. The van der Waals surface area contributed by atoms with Crippen molar-refractivity contribution in [3.8, 4) is 11.3 Å². The molecule has 0 bridgehead atoms. The molecule has 0 saturated carbocycles. The van der Waals surface area contributed by atoms with Crippen molar-refractivity contribution in [2.24, 2.45) is 5.41 Å². The highest BCUT2D eigenvalue weighted by Gasteiger charge is 2.27. The van der Waals surface area contributed by atoms with Crippen molar-refractivity contribution in [3.05, 3.63) is 89.7 Å². The number of hydrogen-bond donors (Lipinski definition) is 1. The molecule has 1 aliphatic rings. The summed E-state index contributed by atoms with van der Waals surface area (Å²) in [5.74, 6) is 1.83. The standard InChI is InChI=1S/C29H27ClN2O3/c1-29(2,18-30)28(34)31-24-11-9-20(10-12-24)26-16-23-17-32(14-13-25(23)35-26)27(33)22-8-7-19-5-3-4-6-21(19)15-22/h3-12,15-16H,13-14,17-18H2,1-2H3,(H,31,34). The third-order valence-electron chi connectivity index (χ3n) is 6.53. The number of hydrogen-bond acceptors (Lipinski definition) is 3. The summed E-state index contributed by atoms with van der Waals surface area (Å²) in [5.41, 5.74) is 2.71. The van der Waals surface area contributed by atoms with E-state index in [4.69, 9.17) is 16.0 Å². The molecule has 6 heteroatoms. The Morgan fingerprint density at radius 2 is 1.74 bits per heavy atom. The van der Waals surface area contributed by atoms with Gasteiger partial charge in [0.1, 0.15) is 11.5 Å². The lowest BCUT2D eigenvalue weighted by molar-refractivity contribution is -0.122. The summed E-state index contributed by atoms with van der Waals surface area (Å²) < 4.78 is 6.13. The van der Waals surface area contributed by atoms with Crippen molar-refractivity contribution in [2.45, 2.75) is 26.8 Å². The number of carbonyl (C=O) groups excluding carboxylic acids is 2. The van der Waals surface area contributed by atoms with E-state index in [2.05, 4.69) is 5.32 Å². The molecular formula is C29H27ClN2O3. The summed E-state index contributed by atoms with van der Waals surface area (Å²) >= 11 is 5.90. The minimum absolute atomic E-state index is 0.0316. The lowest BCUT2D eigenvalue weighted by Crippen LogP contribution is -2.35. The predicted molar refractivity (Wildman–Crippen MR) is 140 cm³/mol. The van der Waals surface area contributed by atoms with Crippen molar-refractivity contribution < 1.29 is 14.0 Å². The van der Waals surface area contributed by atoms with Gasteiger partial charge in [0, 0.05) is 47.8 Å². The largest absolute Gasteiger partial charge is 0.461 e. The average molecular weight is 487 g/mol. The van der Waals surface area contributed by atoms with Crippen molar-refractivity contribution in [2.75, 3.05) is 17.7 Å². The molecule has 0 radical (unpaired) electrons. The Balaban J connectivity index is 1.30. The molecule has 1 aromatic heterocycles. The first-order valence-electron chi connectivity index (χ1n) is 11.7. The highest BCUT2D eigenvalue weighted by atomic mass is 35.5. The Morgan fingerprint density at radius 1 is 1.00 bits per heavy atom. The van der Waals surface area contributed by atoms with E-state index < -0.39 is 5.41 Å². The zero-order chi connectivity index (χ0) is 24.6. The molecule has 5 nitrogen and oxygen atoms in total. The van der Waals surface area contributed by atoms with Gasteiger partial charge in [-0.05, 0) is 67.1 Å². The Morgan fingerprint density at radius 3 is 2.49 bits per heavy atom. The number of amides is 2. The lowest BCUT2D eigenvalue weighted by Gasteiger charge is -2.26. The zero-order valence-corrected chi connectivity index (χ0v) is 20.6. The molecule has 0 atom stereocenters. The number of halogens is 1. The molecule has 0 fully saturated rings. The first kappa shape index (κ1) is 23.2. The fraction of sp³-hybridized carbons (Fsp3) is 0.241. The van der Waals surface area contributed by atoms with Crippen LogP contribution in [-0.2, 0) is 17.8 Å². The molecule has 178 valence electrons. The first-order valence-corrected chi connectivity index (χ1v) is 12.2. The van der Waals surface area contributed by atoms with Gasteiger partial charge in [0.2, 0.25) is 5.91 Å². The van der Waals surface area contributed by atoms with Gasteiger partial charge in [-0.3, -0.25) is 9.59 Å². The van der Waals surface area contributed by atoms with E-state index in [9.17, 15) is 9.59 Å². The maximum absolute atomic E-state index is 13.2. The van der Waals surface area contributed by atoms with E-state index in [1.807, 2.05) is 91.5 Å². The fourth-order valence-corrected chi connectivity index (χ4v) is 4.35. The number of fused-ring (bicyclic) bond motifs is 2. The Labute approximate surface area is 209 Å². The smallest absolute Gasteiger partial charge is 0.254 e. The van der Waals surface area contributed by atoms with Gasteiger partial charge in [-0.15, -0.1) is 11.6 Å². The van der Waals surface area contributed by atoms with E-state index >= 15 is 0 Å². The third kappa shape index (κ3) is 4.69. The van der Waals surface area contributed by atoms with Crippen LogP contribution < -0.4 is 5.32 Å². The molecule has 1 aliphatic heterocycles. The van der Waals surface area contributed by atoms with Crippen LogP contribution in [0.15, 0.2) is 77.2 Å². The molecule has 3 aromatic carbocycles. The quantitative estimate of drug-likeness (QED) is 0.327. The van der Waals surface area contributed by atoms with Crippen molar-refractivity contribution in [3.63, 3.8) is 0 Å². The SMILES string of the molecule is CC(C)(CCl)C(=O)Nc1ccc(-c2cc3c(o2)CCN(C(=O)c2ccc4ccccc4c2)C3)cc1. The molecule has 0 aliphatic carbocycles. The van der Waals surface area contributed by atoms with Gasteiger partial charge in [-0.1, -0.05) is 30.3 Å². The molecule has 2 heterocycles. The number of anilines is 1. The summed E-state index contributed by atoms with van der Waals surface area (Å²) in [7, 11) is 0. The Bertz CT molecular complexity index is 1410. The van der Waals surface area contributed by atoms with Crippen LogP contribution in [0, 0.1) is 5.41 Å². The first-order chi connectivity index (χ1) is 16.8. The molecule has 0 spiro atoms. The number of carbonyl (C=O) groups is 2. The van der Waals surface area contributed by atoms with E-state index in [1.165, 1.54) is 0 Å². The topological polar surface area (TPSA) is 62.6 Å². The summed E-state index contributed by atoms with van der Waals surface area (Å²) in [6.45, 7) is 4.76. The third-order valence-corrected chi connectivity index (χ3v) is 7.19. The second-order valence-corrected chi connectivity index (χ2v) is 9.91. The number of alkyl halides is 1. The van der Waals surface area contributed by atoms with Crippen LogP contribution in [0.1, 0.15) is 35.5 Å². The normalized spacial score (nSPS) is 13.5. The van der Waals surface area contributed by atoms with Gasteiger partial charge >= 0.3 is 0 Å². The fourth-order valence-electron chi connectivity index (χ4n) is 4.23. The maximum Gasteiger partial charge on any atom is 0.254 e. The highest BCUT2D eigenvalue weighted by molar-refractivity contribution is 6.20. The van der Waals surface area contributed by atoms with Gasteiger partial charge in [-0.2, -0.15) is 0 Å². The average Bonchev–Trinajstić information content (AvgIpc) is 3.32. The van der Waals surface area contributed by atoms with Gasteiger partial charge in [-0.25, -0.2) is 0 Å². The number of furan rings is 1. The molecule has 0 saturated heterocycles. The van der Waals surface area contributed by atoms with E-state index in [-0.39, 0.29) is 17.7 Å². The van der Waals surface area contributed by atoms with Crippen molar-refractivity contribution >= 4 is 39.9 Å². The summed E-state index contributed by atoms with van der Waals surface area (Å²) in [6.07, 6.45) is 0.677. The number of nitrogens with one attached hydrogen (secondary N) is 1. The number of rotatable bonds is 5. The molecular weight excluding hydrogens is 460 g/mol. The molecule has 0 unspecified atom stereocenters. The molecule has 35 heavy (non-hydrogen) atoms. The van der Waals surface area contributed by atoms with Crippen molar-refractivity contribution in [1.82, 2.24) is 4.90 Å². The van der Waals surface area contributed by atoms with Crippen molar-refractivity contribution in [1.29, 1.82) is 0 Å². The highest BCUT2D eigenvalue weighted by Crippen LogP contribution is 2.31. The van der Waals surface area contributed by atoms with Crippen LogP contribution in [0.4, 0.5) is 5.69 Å².